The van der Waals surface area contributed by atoms with Crippen molar-refractivity contribution in [2.45, 2.75) is 25.8 Å². The van der Waals surface area contributed by atoms with E-state index in [2.05, 4.69) is 10.3 Å². The number of aromatic nitrogens is 1. The van der Waals surface area contributed by atoms with Crippen molar-refractivity contribution >= 4 is 5.91 Å². The highest BCUT2D eigenvalue weighted by atomic mass is 16.3. The third-order valence-corrected chi connectivity index (χ3v) is 2.76. The Morgan fingerprint density at radius 2 is 2.17 bits per heavy atom. The summed E-state index contributed by atoms with van der Waals surface area (Å²) in [4.78, 5) is 15.6. The molecule has 1 N–H and O–H groups in total. The molecule has 1 aromatic heterocycles. The number of oxazole rings is 1. The van der Waals surface area contributed by atoms with E-state index in [1.54, 1.807) is 6.20 Å². The Kier molecular flexibility index (Phi) is 4.12. The minimum Gasteiger partial charge on any atom is -0.449 e. The van der Waals surface area contributed by atoms with Crippen LogP contribution in [-0.2, 0) is 11.2 Å². The molecule has 0 bridgehead atoms. The van der Waals surface area contributed by atoms with Crippen LogP contribution in [-0.4, -0.2) is 10.9 Å². The van der Waals surface area contributed by atoms with E-state index in [0.717, 1.165) is 11.3 Å². The number of hydrogen-bond acceptors (Lipinski definition) is 3. The summed E-state index contributed by atoms with van der Waals surface area (Å²) in [6, 6.07) is 9.91. The number of amides is 1. The number of nitrogens with one attached hydrogen (secondary N) is 1. The van der Waals surface area contributed by atoms with Gasteiger partial charge in [-0.2, -0.15) is 0 Å². The molecule has 94 valence electrons. The van der Waals surface area contributed by atoms with Crippen molar-refractivity contribution in [3.63, 3.8) is 0 Å². The Balaban J connectivity index is 1.80. The summed E-state index contributed by atoms with van der Waals surface area (Å²) in [5.74, 6) is 0.750. The zero-order valence-electron chi connectivity index (χ0n) is 10.3. The van der Waals surface area contributed by atoms with Crippen molar-refractivity contribution in [1.82, 2.24) is 10.3 Å². The van der Waals surface area contributed by atoms with Crippen LogP contribution in [0.15, 0.2) is 47.3 Å². The molecule has 1 amide bonds. The van der Waals surface area contributed by atoms with E-state index in [9.17, 15) is 4.79 Å². The first-order valence-electron chi connectivity index (χ1n) is 5.97. The number of carbonyl (C=O) groups is 1. The molecule has 1 heterocycles. The van der Waals surface area contributed by atoms with Gasteiger partial charge in [0.05, 0.1) is 12.2 Å². The maximum Gasteiger partial charge on any atom is 0.220 e. The van der Waals surface area contributed by atoms with E-state index in [-0.39, 0.29) is 11.9 Å². The molecule has 0 radical (unpaired) electrons. The van der Waals surface area contributed by atoms with E-state index in [1.807, 2.05) is 37.3 Å². The summed E-state index contributed by atoms with van der Waals surface area (Å²) in [5, 5.41) is 2.96. The highest BCUT2D eigenvalue weighted by molar-refractivity contribution is 5.76. The summed E-state index contributed by atoms with van der Waals surface area (Å²) in [6.45, 7) is 1.97. The second-order valence-electron chi connectivity index (χ2n) is 4.17. The molecule has 18 heavy (non-hydrogen) atoms. The van der Waals surface area contributed by atoms with Gasteiger partial charge in [-0.15, -0.1) is 0 Å². The summed E-state index contributed by atoms with van der Waals surface area (Å²) >= 11 is 0. The highest BCUT2D eigenvalue weighted by Gasteiger charge is 2.09. The van der Waals surface area contributed by atoms with E-state index in [4.69, 9.17) is 4.42 Å². The first-order chi connectivity index (χ1) is 8.75. The van der Waals surface area contributed by atoms with Crippen molar-refractivity contribution in [3.8, 4) is 0 Å². The van der Waals surface area contributed by atoms with Crippen LogP contribution in [0, 0.1) is 0 Å². The first kappa shape index (κ1) is 12.4. The third-order valence-electron chi connectivity index (χ3n) is 2.76. The molecule has 4 nitrogen and oxygen atoms in total. The zero-order chi connectivity index (χ0) is 12.8. The van der Waals surface area contributed by atoms with Gasteiger partial charge < -0.3 is 9.73 Å². The standard InChI is InChI=1S/C14H16N2O2/c1-11(12-5-3-2-4-6-12)16-14(17)8-7-13-9-15-10-18-13/h2-6,9-11H,7-8H2,1H3,(H,16,17). The molecule has 2 aromatic rings. The summed E-state index contributed by atoms with van der Waals surface area (Å²) in [7, 11) is 0. The van der Waals surface area contributed by atoms with Gasteiger partial charge in [0.2, 0.25) is 5.91 Å². The molecule has 0 aliphatic rings. The molecule has 0 aliphatic carbocycles. The molecular formula is C14H16N2O2. The molecule has 0 spiro atoms. The lowest BCUT2D eigenvalue weighted by Gasteiger charge is -2.13. The van der Waals surface area contributed by atoms with Crippen LogP contribution >= 0.6 is 0 Å². The van der Waals surface area contributed by atoms with Crippen LogP contribution in [0.5, 0.6) is 0 Å². The maximum atomic E-state index is 11.7. The number of nitrogens with zero attached hydrogens (tertiary/aromatic N) is 1. The van der Waals surface area contributed by atoms with Gasteiger partial charge in [0.1, 0.15) is 5.76 Å². The Bertz CT molecular complexity index is 480. The Labute approximate surface area is 106 Å². The summed E-state index contributed by atoms with van der Waals surface area (Å²) in [5.41, 5.74) is 1.10. The monoisotopic (exact) mass is 244 g/mol. The number of aryl methyl sites for hydroxylation is 1. The molecule has 4 heteroatoms. The minimum atomic E-state index is 0.0164. The van der Waals surface area contributed by atoms with Crippen LogP contribution < -0.4 is 5.32 Å². The van der Waals surface area contributed by atoms with Crippen molar-refractivity contribution in [1.29, 1.82) is 0 Å². The van der Waals surface area contributed by atoms with Crippen molar-refractivity contribution in [3.05, 3.63) is 54.2 Å². The van der Waals surface area contributed by atoms with Crippen molar-refractivity contribution in [2.75, 3.05) is 0 Å². The second kappa shape index (κ2) is 6.00. The van der Waals surface area contributed by atoms with Gasteiger partial charge in [0.25, 0.3) is 0 Å². The van der Waals surface area contributed by atoms with E-state index in [0.29, 0.717) is 12.8 Å². The van der Waals surface area contributed by atoms with E-state index in [1.165, 1.54) is 6.39 Å². The zero-order valence-corrected chi connectivity index (χ0v) is 10.3. The molecule has 0 saturated heterocycles. The van der Waals surface area contributed by atoms with Crippen LogP contribution in [0.2, 0.25) is 0 Å². The number of rotatable bonds is 5. The molecule has 2 rings (SSSR count). The van der Waals surface area contributed by atoms with Crippen LogP contribution in [0.4, 0.5) is 0 Å². The third kappa shape index (κ3) is 3.45. The van der Waals surface area contributed by atoms with Crippen molar-refractivity contribution < 1.29 is 9.21 Å². The Hall–Kier alpha value is -2.10. The molecule has 0 saturated carbocycles. The van der Waals surface area contributed by atoms with E-state index < -0.39 is 0 Å². The quantitative estimate of drug-likeness (QED) is 0.879. The highest BCUT2D eigenvalue weighted by Crippen LogP contribution is 2.11. The van der Waals surface area contributed by atoms with Crippen LogP contribution in [0.25, 0.3) is 0 Å². The largest absolute Gasteiger partial charge is 0.449 e. The smallest absolute Gasteiger partial charge is 0.220 e. The fraction of sp³-hybridized carbons (Fsp3) is 0.286. The lowest BCUT2D eigenvalue weighted by atomic mass is 10.1. The number of hydrogen-bond donors (Lipinski definition) is 1. The van der Waals surface area contributed by atoms with Crippen molar-refractivity contribution in [2.24, 2.45) is 0 Å². The van der Waals surface area contributed by atoms with Crippen LogP contribution in [0.3, 0.4) is 0 Å². The van der Waals surface area contributed by atoms with Gasteiger partial charge in [-0.1, -0.05) is 30.3 Å². The predicted molar refractivity (Wildman–Crippen MR) is 67.8 cm³/mol. The van der Waals surface area contributed by atoms with Gasteiger partial charge >= 0.3 is 0 Å². The summed E-state index contributed by atoms with van der Waals surface area (Å²) < 4.78 is 5.08. The normalized spacial score (nSPS) is 12.1. The maximum absolute atomic E-state index is 11.7. The Morgan fingerprint density at radius 3 is 2.83 bits per heavy atom. The number of benzene rings is 1. The molecule has 0 aliphatic heterocycles. The lowest BCUT2D eigenvalue weighted by molar-refractivity contribution is -0.121. The van der Waals surface area contributed by atoms with Gasteiger partial charge in [-0.25, -0.2) is 4.98 Å². The average Bonchev–Trinajstić information content (AvgIpc) is 2.90. The SMILES string of the molecule is CC(NC(=O)CCc1cnco1)c1ccccc1. The van der Waals surface area contributed by atoms with Gasteiger partial charge in [-0.05, 0) is 12.5 Å². The average molecular weight is 244 g/mol. The van der Waals surface area contributed by atoms with Gasteiger partial charge in [-0.3, -0.25) is 4.79 Å². The second-order valence-corrected chi connectivity index (χ2v) is 4.17. The van der Waals surface area contributed by atoms with Gasteiger partial charge in [0, 0.05) is 12.8 Å². The Morgan fingerprint density at radius 1 is 1.39 bits per heavy atom. The predicted octanol–water partition coefficient (Wildman–Crippen LogP) is 2.48. The molecule has 1 atom stereocenters. The fourth-order valence-corrected chi connectivity index (χ4v) is 1.74. The number of carbonyl (C=O) groups excluding carboxylic acids is 1. The fourth-order valence-electron chi connectivity index (χ4n) is 1.74. The molecular weight excluding hydrogens is 228 g/mol. The van der Waals surface area contributed by atoms with E-state index >= 15 is 0 Å². The lowest BCUT2D eigenvalue weighted by Crippen LogP contribution is -2.26. The minimum absolute atomic E-state index is 0.0164. The first-order valence-corrected chi connectivity index (χ1v) is 5.97. The van der Waals surface area contributed by atoms with Gasteiger partial charge in [0.15, 0.2) is 6.39 Å². The molecule has 1 aromatic carbocycles. The van der Waals surface area contributed by atoms with Crippen LogP contribution in [0.1, 0.15) is 30.7 Å². The topological polar surface area (TPSA) is 55.1 Å². The molecule has 0 fully saturated rings. The molecule has 1 unspecified atom stereocenters. The summed E-state index contributed by atoms with van der Waals surface area (Å²) in [6.07, 6.45) is 3.99.